The second-order valence-electron chi connectivity index (χ2n) is 4.91. The van der Waals surface area contributed by atoms with Gasteiger partial charge < -0.3 is 4.98 Å². The smallest absolute Gasteiger partial charge is 0.214 e. The highest BCUT2D eigenvalue weighted by Gasteiger charge is 2.23. The summed E-state index contributed by atoms with van der Waals surface area (Å²) in [4.78, 5) is 13.7. The van der Waals surface area contributed by atoms with Crippen LogP contribution in [0.15, 0.2) is 54.7 Å². The molecule has 1 atom stereocenters. The highest BCUT2D eigenvalue weighted by Crippen LogP contribution is 2.31. The Morgan fingerprint density at radius 3 is 2.67 bits per heavy atom. The van der Waals surface area contributed by atoms with Gasteiger partial charge in [0.2, 0.25) is 6.54 Å². The number of nitrogens with zero attached hydrogens (tertiary/aromatic N) is 1. The summed E-state index contributed by atoms with van der Waals surface area (Å²) in [6, 6.07) is 13.7. The second-order valence-corrected chi connectivity index (χ2v) is 4.91. The lowest BCUT2D eigenvalue weighted by molar-refractivity contribution is -0.481. The molecule has 3 aromatic rings. The zero-order valence-electron chi connectivity index (χ0n) is 11.1. The minimum absolute atomic E-state index is 0.229. The summed E-state index contributed by atoms with van der Waals surface area (Å²) in [6.07, 6.45) is 1.73. The molecule has 0 spiro atoms. The fraction of sp³-hybridized carbons (Fsp3) is 0.125. The number of benzene rings is 2. The van der Waals surface area contributed by atoms with E-state index in [-0.39, 0.29) is 17.3 Å². The van der Waals surface area contributed by atoms with Crippen molar-refractivity contribution < 1.29 is 9.31 Å². The number of aromatic nitrogens is 1. The van der Waals surface area contributed by atoms with Crippen molar-refractivity contribution in [1.82, 2.24) is 4.98 Å². The summed E-state index contributed by atoms with van der Waals surface area (Å²) < 4.78 is 13.5. The monoisotopic (exact) mass is 284 g/mol. The molecule has 0 fully saturated rings. The van der Waals surface area contributed by atoms with Crippen molar-refractivity contribution in [3.63, 3.8) is 0 Å². The van der Waals surface area contributed by atoms with Gasteiger partial charge in [-0.1, -0.05) is 30.3 Å². The molecule has 0 amide bonds. The lowest BCUT2D eigenvalue weighted by Crippen LogP contribution is -2.13. The van der Waals surface area contributed by atoms with Gasteiger partial charge in [0.05, 0.1) is 5.92 Å². The quantitative estimate of drug-likeness (QED) is 0.586. The molecule has 0 saturated carbocycles. The van der Waals surface area contributed by atoms with Crippen LogP contribution in [0.2, 0.25) is 0 Å². The van der Waals surface area contributed by atoms with Crippen molar-refractivity contribution in [3.8, 4) is 0 Å². The van der Waals surface area contributed by atoms with Crippen molar-refractivity contribution in [2.45, 2.75) is 5.92 Å². The molecule has 1 unspecified atom stereocenters. The Balaban J connectivity index is 2.14. The molecule has 0 aliphatic heterocycles. The number of hydrogen-bond donors (Lipinski definition) is 1. The van der Waals surface area contributed by atoms with Crippen LogP contribution in [0.25, 0.3) is 10.9 Å². The van der Waals surface area contributed by atoms with Crippen LogP contribution in [0, 0.1) is 15.9 Å². The summed E-state index contributed by atoms with van der Waals surface area (Å²) in [5.41, 5.74) is 2.36. The first-order chi connectivity index (χ1) is 10.1. The van der Waals surface area contributed by atoms with Crippen LogP contribution in [0.5, 0.6) is 0 Å². The molecule has 0 saturated heterocycles. The fourth-order valence-electron chi connectivity index (χ4n) is 2.62. The van der Waals surface area contributed by atoms with Gasteiger partial charge in [-0.3, -0.25) is 10.1 Å². The maximum absolute atomic E-state index is 13.5. The topological polar surface area (TPSA) is 58.9 Å². The molecule has 3 rings (SSSR count). The van der Waals surface area contributed by atoms with Crippen LogP contribution < -0.4 is 0 Å². The number of fused-ring (bicyclic) bond motifs is 1. The lowest BCUT2D eigenvalue weighted by atomic mass is 9.91. The lowest BCUT2D eigenvalue weighted by Gasteiger charge is -2.12. The molecule has 21 heavy (non-hydrogen) atoms. The van der Waals surface area contributed by atoms with Crippen molar-refractivity contribution in [2.75, 3.05) is 6.54 Å². The molecular formula is C16H13FN2O2. The number of nitro groups is 1. The van der Waals surface area contributed by atoms with E-state index >= 15 is 0 Å². The highest BCUT2D eigenvalue weighted by molar-refractivity contribution is 5.84. The first-order valence-corrected chi connectivity index (χ1v) is 6.58. The number of halogens is 1. The predicted molar refractivity (Wildman–Crippen MR) is 78.4 cm³/mol. The Morgan fingerprint density at radius 1 is 1.19 bits per heavy atom. The standard InChI is InChI=1S/C16H13FN2O2/c17-12-6-7-16-13(8-12)14(9-18-16)15(10-19(20)21)11-4-2-1-3-5-11/h1-9,15,18H,10H2. The van der Waals surface area contributed by atoms with E-state index in [1.807, 2.05) is 30.3 Å². The summed E-state index contributed by atoms with van der Waals surface area (Å²) >= 11 is 0. The van der Waals surface area contributed by atoms with Gasteiger partial charge in [-0.15, -0.1) is 0 Å². The van der Waals surface area contributed by atoms with Gasteiger partial charge in [0.25, 0.3) is 0 Å². The van der Waals surface area contributed by atoms with Gasteiger partial charge >= 0.3 is 0 Å². The molecule has 1 aromatic heterocycles. The summed E-state index contributed by atoms with van der Waals surface area (Å²) in [7, 11) is 0. The largest absolute Gasteiger partial charge is 0.361 e. The molecule has 5 heteroatoms. The van der Waals surface area contributed by atoms with Crippen LogP contribution >= 0.6 is 0 Å². The molecular weight excluding hydrogens is 271 g/mol. The molecule has 1 heterocycles. The minimum Gasteiger partial charge on any atom is -0.361 e. The van der Waals surface area contributed by atoms with Crippen LogP contribution in [0.4, 0.5) is 4.39 Å². The Kier molecular flexibility index (Phi) is 3.39. The Hall–Kier alpha value is -2.69. The average molecular weight is 284 g/mol. The normalized spacial score (nSPS) is 12.4. The third kappa shape index (κ3) is 2.63. The Labute approximate surface area is 120 Å². The maximum atomic E-state index is 13.5. The summed E-state index contributed by atoms with van der Waals surface area (Å²) in [5.74, 6) is -0.756. The van der Waals surface area contributed by atoms with Crippen LogP contribution in [0.3, 0.4) is 0 Å². The third-order valence-corrected chi connectivity index (χ3v) is 3.58. The van der Waals surface area contributed by atoms with Gasteiger partial charge in [0.15, 0.2) is 0 Å². The van der Waals surface area contributed by atoms with Gasteiger partial charge in [-0.2, -0.15) is 0 Å². The van der Waals surface area contributed by atoms with Gasteiger partial charge in [-0.25, -0.2) is 4.39 Å². The maximum Gasteiger partial charge on any atom is 0.214 e. The molecule has 0 bridgehead atoms. The molecule has 0 radical (unpaired) electrons. The Morgan fingerprint density at radius 2 is 1.95 bits per heavy atom. The number of H-pyrrole nitrogens is 1. The minimum atomic E-state index is -0.406. The fourth-order valence-corrected chi connectivity index (χ4v) is 2.62. The van der Waals surface area contributed by atoms with E-state index in [0.29, 0.717) is 5.39 Å². The zero-order chi connectivity index (χ0) is 14.8. The first kappa shape index (κ1) is 13.3. The third-order valence-electron chi connectivity index (χ3n) is 3.58. The van der Waals surface area contributed by atoms with Crippen molar-refractivity contribution in [2.24, 2.45) is 0 Å². The van der Waals surface area contributed by atoms with Crippen LogP contribution in [0.1, 0.15) is 17.0 Å². The van der Waals surface area contributed by atoms with Gasteiger partial charge in [-0.05, 0) is 29.3 Å². The van der Waals surface area contributed by atoms with Crippen molar-refractivity contribution in [3.05, 3.63) is 81.8 Å². The molecule has 4 nitrogen and oxygen atoms in total. The van der Waals surface area contributed by atoms with E-state index in [0.717, 1.165) is 16.6 Å². The van der Waals surface area contributed by atoms with Crippen LogP contribution in [-0.4, -0.2) is 16.5 Å². The number of nitrogens with one attached hydrogen (secondary N) is 1. The predicted octanol–water partition coefficient (Wildman–Crippen LogP) is 3.72. The van der Waals surface area contributed by atoms with Crippen molar-refractivity contribution in [1.29, 1.82) is 0 Å². The van der Waals surface area contributed by atoms with Gasteiger partial charge in [0.1, 0.15) is 5.82 Å². The molecule has 0 aliphatic carbocycles. The van der Waals surface area contributed by atoms with E-state index in [4.69, 9.17) is 0 Å². The second kappa shape index (κ2) is 5.36. The molecule has 0 aliphatic rings. The number of aromatic amines is 1. The first-order valence-electron chi connectivity index (χ1n) is 6.58. The highest BCUT2D eigenvalue weighted by atomic mass is 19.1. The zero-order valence-corrected chi connectivity index (χ0v) is 11.1. The summed E-state index contributed by atoms with van der Waals surface area (Å²) in [6.45, 7) is -0.229. The SMILES string of the molecule is O=[N+]([O-])CC(c1ccccc1)c1c[nH]c2ccc(F)cc12. The van der Waals surface area contributed by atoms with E-state index < -0.39 is 5.92 Å². The molecule has 1 N–H and O–H groups in total. The van der Waals surface area contributed by atoms with E-state index in [1.54, 1.807) is 12.3 Å². The van der Waals surface area contributed by atoms with Crippen LogP contribution in [-0.2, 0) is 0 Å². The molecule has 2 aromatic carbocycles. The summed E-state index contributed by atoms with van der Waals surface area (Å²) in [5, 5.41) is 11.7. The van der Waals surface area contributed by atoms with E-state index in [2.05, 4.69) is 4.98 Å². The number of hydrogen-bond acceptors (Lipinski definition) is 2. The van der Waals surface area contributed by atoms with E-state index in [9.17, 15) is 14.5 Å². The average Bonchev–Trinajstić information content (AvgIpc) is 2.88. The molecule has 106 valence electrons. The Bertz CT molecular complexity index is 783. The van der Waals surface area contributed by atoms with Crippen molar-refractivity contribution >= 4 is 10.9 Å². The number of rotatable bonds is 4. The van der Waals surface area contributed by atoms with Gasteiger partial charge in [0, 0.05) is 22.0 Å². The van der Waals surface area contributed by atoms with E-state index in [1.165, 1.54) is 12.1 Å².